The van der Waals surface area contributed by atoms with Crippen LogP contribution in [0.1, 0.15) is 5.56 Å². The van der Waals surface area contributed by atoms with Gasteiger partial charge in [-0.15, -0.1) is 13.2 Å². The van der Waals surface area contributed by atoms with Gasteiger partial charge < -0.3 is 20.3 Å². The van der Waals surface area contributed by atoms with Gasteiger partial charge in [0, 0.05) is 51.4 Å². The molecule has 1 saturated heterocycles. The number of para-hydroxylation sites is 1. The maximum absolute atomic E-state index is 9.19. The van der Waals surface area contributed by atoms with Gasteiger partial charge in [0.1, 0.15) is 12.4 Å². The second-order valence-electron chi connectivity index (χ2n) is 8.25. The maximum Gasteiger partial charge on any atom is 0.261 e. The highest BCUT2D eigenvalue weighted by atomic mass is 32.2. The molecule has 1 aromatic carbocycles. The van der Waals surface area contributed by atoms with Crippen LogP contribution in [0.5, 0.6) is 5.75 Å². The van der Waals surface area contributed by atoms with Gasteiger partial charge in [0.2, 0.25) is 17.8 Å². The Morgan fingerprint density at radius 1 is 1.03 bits per heavy atom. The molecule has 0 atom stereocenters. The molecule has 2 aliphatic rings. The van der Waals surface area contributed by atoms with Crippen LogP contribution in [-0.2, 0) is 10.1 Å². The molecule has 0 radical (unpaired) electrons. The molecule has 12 heteroatoms. The van der Waals surface area contributed by atoms with E-state index in [1.165, 1.54) is 5.57 Å². The lowest BCUT2D eigenvalue weighted by atomic mass is 10.1. The fourth-order valence-corrected chi connectivity index (χ4v) is 3.64. The van der Waals surface area contributed by atoms with Crippen molar-refractivity contribution in [3.8, 4) is 5.75 Å². The Balaban J connectivity index is 0.000000658. The van der Waals surface area contributed by atoms with Gasteiger partial charge in [-0.2, -0.15) is 23.4 Å². The number of benzene rings is 1. The maximum atomic E-state index is 9.19. The van der Waals surface area contributed by atoms with Crippen LogP contribution < -0.4 is 20.3 Å². The van der Waals surface area contributed by atoms with E-state index in [1.807, 2.05) is 18.2 Å². The highest BCUT2D eigenvalue weighted by Gasteiger charge is 2.22. The Morgan fingerprint density at radius 3 is 2.19 bits per heavy atom. The Kier molecular flexibility index (Phi) is 9.79. The van der Waals surface area contributed by atoms with Gasteiger partial charge in [-0.1, -0.05) is 30.4 Å². The number of aromatic nitrogens is 3. The van der Waals surface area contributed by atoms with Crippen LogP contribution in [0.3, 0.4) is 0 Å². The average molecular weight is 516 g/mol. The van der Waals surface area contributed by atoms with Gasteiger partial charge >= 0.3 is 0 Å². The first kappa shape index (κ1) is 27.1. The fourth-order valence-electron chi connectivity index (χ4n) is 3.64. The van der Waals surface area contributed by atoms with Crippen LogP contribution in [0.25, 0.3) is 6.08 Å². The Labute approximate surface area is 212 Å². The number of hydrogen-bond acceptors (Lipinski definition) is 10. The Hall–Kier alpha value is -3.48. The minimum Gasteiger partial charge on any atom is -0.489 e. The van der Waals surface area contributed by atoms with Crippen molar-refractivity contribution in [1.82, 2.24) is 19.9 Å². The average Bonchev–Trinajstić information content (AvgIpc) is 2.85. The van der Waals surface area contributed by atoms with E-state index in [-0.39, 0.29) is 0 Å². The molecule has 0 aliphatic carbocycles. The number of hydrogen-bond donors (Lipinski definition) is 3. The second kappa shape index (κ2) is 13.0. The van der Waals surface area contributed by atoms with Crippen molar-refractivity contribution in [3.63, 3.8) is 0 Å². The standard InChI is InChI=1S/C23H29N7O.CH4O3S/c1-3-9-24-21-26-22(25-10-4-2)28-23(27-21)30-13-11-29(12-14-30)16-18-15-19-7-5-6-8-20(19)31-17-18;1-5(2,3)4/h3-8,15H,1-2,9-14,16-17H2,(H2,24,25,26,27,28);1H3,(H,2,3,4). The summed E-state index contributed by atoms with van der Waals surface area (Å²) in [5.74, 6) is 2.73. The number of piperazine rings is 1. The summed E-state index contributed by atoms with van der Waals surface area (Å²) in [5.41, 5.74) is 2.46. The number of anilines is 3. The summed E-state index contributed by atoms with van der Waals surface area (Å²) in [5, 5.41) is 6.31. The van der Waals surface area contributed by atoms with Crippen molar-refractivity contribution in [2.45, 2.75) is 0 Å². The molecule has 0 unspecified atom stereocenters. The molecule has 194 valence electrons. The van der Waals surface area contributed by atoms with Crippen LogP contribution in [0.15, 0.2) is 55.1 Å². The van der Waals surface area contributed by atoms with Crippen LogP contribution in [0.4, 0.5) is 17.8 Å². The topological polar surface area (TPSA) is 133 Å². The van der Waals surface area contributed by atoms with Crippen molar-refractivity contribution in [2.75, 3.05) is 74.2 Å². The lowest BCUT2D eigenvalue weighted by molar-refractivity contribution is 0.259. The molecule has 0 amide bonds. The van der Waals surface area contributed by atoms with Gasteiger partial charge in [0.05, 0.1) is 6.26 Å². The van der Waals surface area contributed by atoms with Crippen molar-refractivity contribution in [3.05, 3.63) is 60.7 Å². The molecule has 0 spiro atoms. The van der Waals surface area contributed by atoms with E-state index in [1.54, 1.807) is 12.2 Å². The van der Waals surface area contributed by atoms with Crippen molar-refractivity contribution >= 4 is 34.0 Å². The Morgan fingerprint density at radius 2 is 1.61 bits per heavy atom. The predicted molar refractivity (Wildman–Crippen MR) is 143 cm³/mol. The second-order valence-corrected chi connectivity index (χ2v) is 9.71. The normalized spacial score (nSPS) is 15.4. The van der Waals surface area contributed by atoms with Gasteiger partial charge in [-0.05, 0) is 17.7 Å². The molecule has 4 rings (SSSR count). The first-order valence-electron chi connectivity index (χ1n) is 11.5. The van der Waals surface area contributed by atoms with E-state index >= 15 is 0 Å². The third-order valence-corrected chi connectivity index (χ3v) is 5.21. The fraction of sp³-hybridized carbons (Fsp3) is 0.375. The van der Waals surface area contributed by atoms with E-state index in [2.05, 4.69) is 60.7 Å². The smallest absolute Gasteiger partial charge is 0.261 e. The van der Waals surface area contributed by atoms with Gasteiger partial charge in [-0.25, -0.2) is 0 Å². The van der Waals surface area contributed by atoms with E-state index in [4.69, 9.17) is 9.29 Å². The highest BCUT2D eigenvalue weighted by molar-refractivity contribution is 7.85. The summed E-state index contributed by atoms with van der Waals surface area (Å²) in [6.07, 6.45) is 6.53. The minimum atomic E-state index is -3.67. The number of rotatable bonds is 9. The molecular weight excluding hydrogens is 482 g/mol. The third-order valence-electron chi connectivity index (χ3n) is 5.21. The number of nitrogens with one attached hydrogen (secondary N) is 2. The lowest BCUT2D eigenvalue weighted by Crippen LogP contribution is -2.48. The molecular formula is C24H33N7O4S. The van der Waals surface area contributed by atoms with E-state index < -0.39 is 10.1 Å². The van der Waals surface area contributed by atoms with E-state index in [0.717, 1.165) is 44.0 Å². The van der Waals surface area contributed by atoms with Crippen LogP contribution in [-0.4, -0.2) is 91.5 Å². The predicted octanol–water partition coefficient (Wildman–Crippen LogP) is 2.17. The molecule has 1 aromatic heterocycles. The first-order chi connectivity index (χ1) is 17.2. The highest BCUT2D eigenvalue weighted by Crippen LogP contribution is 2.26. The zero-order chi connectivity index (χ0) is 26.0. The van der Waals surface area contributed by atoms with Crippen molar-refractivity contribution in [2.24, 2.45) is 0 Å². The molecule has 0 bridgehead atoms. The molecule has 11 nitrogen and oxygen atoms in total. The minimum absolute atomic E-state index is 0.544. The largest absolute Gasteiger partial charge is 0.489 e. The number of fused-ring (bicyclic) bond motifs is 1. The summed E-state index contributed by atoms with van der Waals surface area (Å²) in [6, 6.07) is 8.18. The zero-order valence-corrected chi connectivity index (χ0v) is 21.2. The molecule has 0 saturated carbocycles. The number of ether oxygens (including phenoxy) is 1. The van der Waals surface area contributed by atoms with E-state index in [0.29, 0.717) is 43.8 Å². The van der Waals surface area contributed by atoms with Crippen molar-refractivity contribution in [1.29, 1.82) is 0 Å². The molecule has 3 N–H and O–H groups in total. The van der Waals surface area contributed by atoms with Gasteiger partial charge in [0.25, 0.3) is 10.1 Å². The van der Waals surface area contributed by atoms with Crippen LogP contribution in [0.2, 0.25) is 0 Å². The molecule has 36 heavy (non-hydrogen) atoms. The lowest BCUT2D eigenvalue weighted by Gasteiger charge is -2.35. The summed E-state index contributed by atoms with van der Waals surface area (Å²) in [6.45, 7) is 13.8. The number of nitrogens with zero attached hydrogens (tertiary/aromatic N) is 5. The monoisotopic (exact) mass is 515 g/mol. The Bertz CT molecular complexity index is 1140. The summed E-state index contributed by atoms with van der Waals surface area (Å²) < 4.78 is 31.8. The van der Waals surface area contributed by atoms with Crippen molar-refractivity contribution < 1.29 is 17.7 Å². The van der Waals surface area contributed by atoms with Crippen LogP contribution >= 0.6 is 0 Å². The van der Waals surface area contributed by atoms with Gasteiger partial charge in [0.15, 0.2) is 0 Å². The van der Waals surface area contributed by atoms with Gasteiger partial charge in [-0.3, -0.25) is 9.45 Å². The summed E-state index contributed by atoms with van der Waals surface area (Å²) in [7, 11) is -3.67. The first-order valence-corrected chi connectivity index (χ1v) is 13.4. The molecule has 1 fully saturated rings. The zero-order valence-electron chi connectivity index (χ0n) is 20.4. The molecule has 2 aromatic rings. The quantitative estimate of drug-likeness (QED) is 0.335. The van der Waals surface area contributed by atoms with E-state index in [9.17, 15) is 8.42 Å². The summed E-state index contributed by atoms with van der Waals surface area (Å²) in [4.78, 5) is 18.3. The molecule has 3 heterocycles. The SMILES string of the molecule is C=CCNc1nc(NCC=C)nc(N2CCN(CC3=Cc4ccccc4OC3)CC2)n1.CS(=O)(=O)O. The van der Waals surface area contributed by atoms with Crippen LogP contribution in [0, 0.1) is 0 Å². The third kappa shape index (κ3) is 8.95. The summed E-state index contributed by atoms with van der Waals surface area (Å²) >= 11 is 0. The molecule has 2 aliphatic heterocycles.